The molecule has 2 heteroatoms. The molecule has 0 N–H and O–H groups in total. The van der Waals surface area contributed by atoms with Gasteiger partial charge in [-0.3, -0.25) is 0 Å². The average molecular weight is 386 g/mol. The molecule has 0 spiro atoms. The molecule has 0 aliphatic heterocycles. The molecule has 3 rings (SSSR count). The summed E-state index contributed by atoms with van der Waals surface area (Å²) >= 11 is 0. The molecule has 0 radical (unpaired) electrons. The lowest BCUT2D eigenvalue weighted by atomic mass is 9.86. The van der Waals surface area contributed by atoms with Crippen molar-refractivity contribution < 1.29 is 0 Å². The average Bonchev–Trinajstić information content (AvgIpc) is 2.71. The molecule has 1 unspecified atom stereocenters. The SMILES string of the molecule is CC(C)C(C#N)C(C)(C)[P+](c1ccccc1)(c1ccccc1)c1ccccc1. The Morgan fingerprint density at radius 3 is 1.25 bits per heavy atom. The zero-order valence-corrected chi connectivity index (χ0v) is 18.1. The highest BCUT2D eigenvalue weighted by Gasteiger charge is 2.61. The quantitative estimate of drug-likeness (QED) is 0.509. The van der Waals surface area contributed by atoms with Crippen LogP contribution in [0, 0.1) is 23.2 Å². The second-order valence-electron chi connectivity index (χ2n) is 8.18. The first kappa shape index (κ1) is 20.3. The standard InChI is InChI=1S/C26H29NP/c1-21(2)25(20-27)26(3,4)28(22-14-8-5-9-15-22,23-16-10-6-11-17-23)24-18-12-7-13-19-24/h5-19,21,25H,1-4H3/q+1. The van der Waals surface area contributed by atoms with Gasteiger partial charge in [0.05, 0.1) is 12.0 Å². The van der Waals surface area contributed by atoms with Crippen molar-refractivity contribution in [2.75, 3.05) is 0 Å². The van der Waals surface area contributed by atoms with E-state index in [-0.39, 0.29) is 17.0 Å². The molecule has 0 heterocycles. The molecule has 0 aliphatic rings. The fourth-order valence-electron chi connectivity index (χ4n) is 4.73. The van der Waals surface area contributed by atoms with E-state index < -0.39 is 7.26 Å². The minimum Gasteiger partial charge on any atom is -0.198 e. The summed E-state index contributed by atoms with van der Waals surface area (Å²) in [7, 11) is -2.11. The fraction of sp³-hybridized carbons (Fsp3) is 0.269. The van der Waals surface area contributed by atoms with Gasteiger partial charge >= 0.3 is 0 Å². The Morgan fingerprint density at radius 2 is 1.00 bits per heavy atom. The van der Waals surface area contributed by atoms with Crippen LogP contribution in [0.25, 0.3) is 0 Å². The number of nitrogens with zero attached hydrogens (tertiary/aromatic N) is 1. The minimum absolute atomic E-state index is 0.0681. The van der Waals surface area contributed by atoms with Gasteiger partial charge in [-0.2, -0.15) is 5.26 Å². The molecular weight excluding hydrogens is 357 g/mol. The van der Waals surface area contributed by atoms with Crippen molar-refractivity contribution in [3.63, 3.8) is 0 Å². The van der Waals surface area contributed by atoms with Gasteiger partial charge in [0.15, 0.2) is 0 Å². The Labute approximate surface area is 170 Å². The van der Waals surface area contributed by atoms with Crippen molar-refractivity contribution in [2.24, 2.45) is 11.8 Å². The van der Waals surface area contributed by atoms with Gasteiger partial charge < -0.3 is 0 Å². The van der Waals surface area contributed by atoms with Crippen molar-refractivity contribution in [2.45, 2.75) is 32.9 Å². The number of rotatable bonds is 6. The first-order chi connectivity index (χ1) is 13.5. The Kier molecular flexibility index (Phi) is 6.02. The second kappa shape index (κ2) is 8.30. The van der Waals surface area contributed by atoms with Gasteiger partial charge in [-0.25, -0.2) is 0 Å². The smallest absolute Gasteiger partial charge is 0.118 e. The van der Waals surface area contributed by atoms with E-state index >= 15 is 0 Å². The normalized spacial score (nSPS) is 13.1. The van der Waals surface area contributed by atoms with Crippen molar-refractivity contribution >= 4 is 23.2 Å². The summed E-state index contributed by atoms with van der Waals surface area (Å²) < 4.78 is 0. The number of hydrogen-bond acceptors (Lipinski definition) is 1. The zero-order chi connectivity index (χ0) is 20.2. The first-order valence-corrected chi connectivity index (χ1v) is 11.7. The summed E-state index contributed by atoms with van der Waals surface area (Å²) in [4.78, 5) is 0. The molecule has 1 atom stereocenters. The van der Waals surface area contributed by atoms with E-state index in [2.05, 4.69) is 125 Å². The minimum atomic E-state index is -2.11. The van der Waals surface area contributed by atoms with E-state index in [9.17, 15) is 5.26 Å². The number of nitriles is 1. The molecule has 0 amide bonds. The topological polar surface area (TPSA) is 23.8 Å². The third-order valence-corrected chi connectivity index (χ3v) is 11.1. The van der Waals surface area contributed by atoms with Crippen LogP contribution in [0.3, 0.4) is 0 Å². The highest BCUT2D eigenvalue weighted by Crippen LogP contribution is 2.68. The molecule has 3 aromatic carbocycles. The maximum Gasteiger partial charge on any atom is 0.118 e. The first-order valence-electron chi connectivity index (χ1n) is 9.92. The molecule has 1 nitrogen and oxygen atoms in total. The van der Waals surface area contributed by atoms with E-state index in [1.165, 1.54) is 15.9 Å². The largest absolute Gasteiger partial charge is 0.198 e. The lowest BCUT2D eigenvalue weighted by molar-refractivity contribution is 0.391. The Hall–Kier alpha value is -2.42. The van der Waals surface area contributed by atoms with Crippen LogP contribution in [0.4, 0.5) is 0 Å². The molecule has 0 bridgehead atoms. The summed E-state index contributed by atoms with van der Waals surface area (Å²) in [5.41, 5.74) is 0. The molecule has 0 aliphatic carbocycles. The molecule has 0 saturated heterocycles. The lowest BCUT2D eigenvalue weighted by Gasteiger charge is -2.44. The van der Waals surface area contributed by atoms with Crippen LogP contribution in [0.2, 0.25) is 0 Å². The van der Waals surface area contributed by atoms with E-state index in [4.69, 9.17) is 0 Å². The molecule has 142 valence electrons. The van der Waals surface area contributed by atoms with Crippen molar-refractivity contribution in [3.05, 3.63) is 91.0 Å². The summed E-state index contributed by atoms with van der Waals surface area (Å²) in [5.74, 6) is 0.206. The maximum absolute atomic E-state index is 10.2. The van der Waals surface area contributed by atoms with Crippen LogP contribution in [0.15, 0.2) is 91.0 Å². The summed E-state index contributed by atoms with van der Waals surface area (Å²) in [6.45, 7) is 8.96. The predicted octanol–water partition coefficient (Wildman–Crippen LogP) is 5.55. The molecule has 28 heavy (non-hydrogen) atoms. The van der Waals surface area contributed by atoms with Crippen LogP contribution in [-0.2, 0) is 0 Å². The summed E-state index contributed by atoms with van der Waals surface area (Å²) in [6, 6.07) is 35.2. The second-order valence-corrected chi connectivity index (χ2v) is 12.2. The predicted molar refractivity (Wildman–Crippen MR) is 123 cm³/mol. The molecule has 0 aromatic heterocycles. The van der Waals surface area contributed by atoms with Crippen molar-refractivity contribution in [1.29, 1.82) is 5.26 Å². The summed E-state index contributed by atoms with van der Waals surface area (Å²) in [5, 5.41) is 14.0. The van der Waals surface area contributed by atoms with E-state index in [1.54, 1.807) is 0 Å². The number of hydrogen-bond donors (Lipinski definition) is 0. The van der Waals surface area contributed by atoms with Gasteiger partial charge in [-0.15, -0.1) is 0 Å². The van der Waals surface area contributed by atoms with E-state index in [0.29, 0.717) is 0 Å². The zero-order valence-electron chi connectivity index (χ0n) is 17.2. The molecular formula is C26H29NP+. The van der Waals surface area contributed by atoms with Gasteiger partial charge in [0.1, 0.15) is 28.3 Å². The van der Waals surface area contributed by atoms with Crippen molar-refractivity contribution in [1.82, 2.24) is 0 Å². The molecule has 3 aromatic rings. The van der Waals surface area contributed by atoms with E-state index in [0.717, 1.165) is 0 Å². The highest BCUT2D eigenvalue weighted by atomic mass is 31.2. The third kappa shape index (κ3) is 3.28. The Morgan fingerprint density at radius 1 is 0.679 bits per heavy atom. The Bertz CT molecular complexity index is 828. The van der Waals surface area contributed by atoms with Gasteiger partial charge in [-0.1, -0.05) is 68.4 Å². The van der Waals surface area contributed by atoms with Crippen LogP contribution in [0.5, 0.6) is 0 Å². The van der Waals surface area contributed by atoms with Crippen LogP contribution < -0.4 is 15.9 Å². The third-order valence-electron chi connectivity index (χ3n) is 5.86. The van der Waals surface area contributed by atoms with Gasteiger partial charge in [0, 0.05) is 0 Å². The lowest BCUT2D eigenvalue weighted by Crippen LogP contribution is -2.49. The van der Waals surface area contributed by atoms with Crippen LogP contribution in [-0.4, -0.2) is 5.16 Å². The maximum atomic E-state index is 10.2. The molecule has 0 saturated carbocycles. The van der Waals surface area contributed by atoms with Crippen LogP contribution in [0.1, 0.15) is 27.7 Å². The summed E-state index contributed by atoms with van der Waals surface area (Å²) in [6.07, 6.45) is 0. The fourth-order valence-corrected chi connectivity index (χ4v) is 10.3. The number of benzene rings is 3. The van der Waals surface area contributed by atoms with Crippen LogP contribution >= 0.6 is 7.26 Å². The monoisotopic (exact) mass is 386 g/mol. The van der Waals surface area contributed by atoms with Crippen molar-refractivity contribution in [3.8, 4) is 6.07 Å². The van der Waals surface area contributed by atoms with E-state index in [1.807, 2.05) is 0 Å². The Balaban J connectivity index is 2.47. The van der Waals surface area contributed by atoms with Gasteiger partial charge in [0.25, 0.3) is 0 Å². The van der Waals surface area contributed by atoms with Gasteiger partial charge in [-0.05, 0) is 56.2 Å². The highest BCUT2D eigenvalue weighted by molar-refractivity contribution is 7.96. The van der Waals surface area contributed by atoms with Gasteiger partial charge in [0.2, 0.25) is 0 Å². The molecule has 0 fully saturated rings.